The molecule has 0 aliphatic heterocycles. The standard InChI is InChI=1S/C13H17IN2O3S/c1-9(6-7-20-3)15(2)13(17)11-8-10(16(18)19)4-5-12(11)14/h4-5,8-9H,6-7H2,1-3H3. The van der Waals surface area contributed by atoms with Crippen LogP contribution >= 0.6 is 34.4 Å². The molecule has 1 atom stereocenters. The van der Waals surface area contributed by atoms with Crippen LogP contribution in [0.15, 0.2) is 18.2 Å². The fourth-order valence-electron chi connectivity index (χ4n) is 1.66. The molecule has 0 aliphatic carbocycles. The van der Waals surface area contributed by atoms with Gasteiger partial charge in [0.1, 0.15) is 0 Å². The summed E-state index contributed by atoms with van der Waals surface area (Å²) in [5, 5.41) is 10.8. The number of non-ortho nitro benzene ring substituents is 1. The van der Waals surface area contributed by atoms with Gasteiger partial charge in [0.15, 0.2) is 0 Å². The Bertz CT molecular complexity index is 510. The van der Waals surface area contributed by atoms with E-state index in [1.165, 1.54) is 12.1 Å². The Balaban J connectivity index is 2.96. The first-order valence-corrected chi connectivity index (χ1v) is 8.55. The summed E-state index contributed by atoms with van der Waals surface area (Å²) in [5.41, 5.74) is 0.331. The van der Waals surface area contributed by atoms with Crippen molar-refractivity contribution >= 4 is 45.9 Å². The van der Waals surface area contributed by atoms with Gasteiger partial charge in [0.25, 0.3) is 11.6 Å². The van der Waals surface area contributed by atoms with Crippen LogP contribution in [-0.4, -0.2) is 40.8 Å². The maximum Gasteiger partial charge on any atom is 0.270 e. The molecule has 7 heteroatoms. The summed E-state index contributed by atoms with van der Waals surface area (Å²) in [7, 11) is 1.74. The third kappa shape index (κ3) is 4.34. The number of carbonyl (C=O) groups excluding carboxylic acids is 1. The summed E-state index contributed by atoms with van der Waals surface area (Å²) in [6.45, 7) is 1.98. The van der Waals surface area contributed by atoms with Crippen LogP contribution in [0, 0.1) is 13.7 Å². The number of hydrogen-bond acceptors (Lipinski definition) is 4. The van der Waals surface area contributed by atoms with Gasteiger partial charge in [-0.1, -0.05) is 0 Å². The third-order valence-electron chi connectivity index (χ3n) is 3.11. The molecule has 1 amide bonds. The van der Waals surface area contributed by atoms with Gasteiger partial charge < -0.3 is 4.90 Å². The molecular formula is C13H17IN2O3S. The first-order valence-electron chi connectivity index (χ1n) is 6.08. The molecule has 0 aromatic heterocycles. The average molecular weight is 408 g/mol. The molecule has 0 fully saturated rings. The first-order chi connectivity index (χ1) is 9.38. The van der Waals surface area contributed by atoms with E-state index < -0.39 is 4.92 Å². The van der Waals surface area contributed by atoms with Crippen LogP contribution in [0.25, 0.3) is 0 Å². The maximum atomic E-state index is 12.4. The van der Waals surface area contributed by atoms with Crippen molar-refractivity contribution in [3.63, 3.8) is 0 Å². The second-order valence-electron chi connectivity index (χ2n) is 4.47. The lowest BCUT2D eigenvalue weighted by Crippen LogP contribution is -2.35. The molecule has 0 saturated carbocycles. The summed E-state index contributed by atoms with van der Waals surface area (Å²) in [6.07, 6.45) is 2.92. The number of carbonyl (C=O) groups is 1. The topological polar surface area (TPSA) is 63.5 Å². The number of hydrogen-bond donors (Lipinski definition) is 0. The number of benzene rings is 1. The van der Waals surface area contributed by atoms with Crippen LogP contribution in [-0.2, 0) is 0 Å². The summed E-state index contributed by atoms with van der Waals surface area (Å²) in [4.78, 5) is 24.4. The van der Waals surface area contributed by atoms with Gasteiger partial charge >= 0.3 is 0 Å². The highest BCUT2D eigenvalue weighted by molar-refractivity contribution is 14.1. The van der Waals surface area contributed by atoms with Gasteiger partial charge in [0.05, 0.1) is 10.5 Å². The van der Waals surface area contributed by atoms with Crippen molar-refractivity contribution in [3.8, 4) is 0 Å². The van der Waals surface area contributed by atoms with Crippen molar-refractivity contribution in [2.45, 2.75) is 19.4 Å². The Labute approximate surface area is 136 Å². The van der Waals surface area contributed by atoms with E-state index in [0.717, 1.165) is 15.7 Å². The van der Waals surface area contributed by atoms with Gasteiger partial charge in [0, 0.05) is 28.8 Å². The summed E-state index contributed by atoms with van der Waals surface area (Å²) in [5.74, 6) is 0.803. The lowest BCUT2D eigenvalue weighted by Gasteiger charge is -2.25. The van der Waals surface area contributed by atoms with Gasteiger partial charge in [-0.05, 0) is 54.0 Å². The quantitative estimate of drug-likeness (QED) is 0.411. The van der Waals surface area contributed by atoms with Crippen molar-refractivity contribution in [2.24, 2.45) is 0 Å². The van der Waals surface area contributed by atoms with Gasteiger partial charge in [-0.25, -0.2) is 0 Å². The Morgan fingerprint density at radius 3 is 2.75 bits per heavy atom. The number of nitro benzene ring substituents is 1. The largest absolute Gasteiger partial charge is 0.339 e. The number of amides is 1. The molecule has 0 radical (unpaired) electrons. The van der Waals surface area contributed by atoms with Crippen LogP contribution in [0.4, 0.5) is 5.69 Å². The molecule has 110 valence electrons. The minimum absolute atomic E-state index is 0.0565. The summed E-state index contributed by atoms with van der Waals surface area (Å²) in [6, 6.07) is 4.47. The van der Waals surface area contributed by atoms with Crippen molar-refractivity contribution in [1.29, 1.82) is 0 Å². The highest BCUT2D eigenvalue weighted by atomic mass is 127. The van der Waals surface area contributed by atoms with Crippen molar-refractivity contribution < 1.29 is 9.72 Å². The lowest BCUT2D eigenvalue weighted by atomic mass is 10.1. The third-order valence-corrected chi connectivity index (χ3v) is 4.70. The molecule has 1 unspecified atom stereocenters. The van der Waals surface area contributed by atoms with E-state index in [2.05, 4.69) is 0 Å². The Hall–Kier alpha value is -0.830. The zero-order valence-electron chi connectivity index (χ0n) is 11.6. The van der Waals surface area contributed by atoms with Gasteiger partial charge in [-0.15, -0.1) is 0 Å². The SMILES string of the molecule is CSCCC(C)N(C)C(=O)c1cc([N+](=O)[O-])ccc1I. The van der Waals surface area contributed by atoms with Crippen LogP contribution in [0.2, 0.25) is 0 Å². The number of thioether (sulfide) groups is 1. The molecule has 0 saturated heterocycles. The molecule has 1 aromatic rings. The van der Waals surface area contributed by atoms with Gasteiger partial charge in [-0.2, -0.15) is 11.8 Å². The van der Waals surface area contributed by atoms with Gasteiger partial charge in [-0.3, -0.25) is 14.9 Å². The van der Waals surface area contributed by atoms with E-state index in [4.69, 9.17) is 0 Å². The van der Waals surface area contributed by atoms with Crippen LogP contribution < -0.4 is 0 Å². The monoisotopic (exact) mass is 408 g/mol. The highest BCUT2D eigenvalue weighted by Gasteiger charge is 2.21. The zero-order chi connectivity index (χ0) is 15.3. The molecule has 5 nitrogen and oxygen atoms in total. The van der Waals surface area contributed by atoms with E-state index in [1.54, 1.807) is 29.8 Å². The van der Waals surface area contributed by atoms with E-state index in [-0.39, 0.29) is 17.6 Å². The molecule has 0 aliphatic rings. The fraction of sp³-hybridized carbons (Fsp3) is 0.462. The minimum atomic E-state index is -0.482. The predicted molar refractivity (Wildman–Crippen MR) is 90.4 cm³/mol. The van der Waals surface area contributed by atoms with E-state index in [0.29, 0.717) is 5.56 Å². The maximum absolute atomic E-state index is 12.4. The molecule has 1 rings (SSSR count). The summed E-state index contributed by atoms with van der Waals surface area (Å²) >= 11 is 3.76. The zero-order valence-corrected chi connectivity index (χ0v) is 14.6. The molecule has 0 heterocycles. The van der Waals surface area contributed by atoms with E-state index in [9.17, 15) is 14.9 Å². The molecule has 0 bridgehead atoms. The molecule has 20 heavy (non-hydrogen) atoms. The van der Waals surface area contributed by atoms with Crippen LogP contribution in [0.1, 0.15) is 23.7 Å². The lowest BCUT2D eigenvalue weighted by molar-refractivity contribution is -0.384. The van der Waals surface area contributed by atoms with Crippen molar-refractivity contribution in [1.82, 2.24) is 4.90 Å². The minimum Gasteiger partial charge on any atom is -0.339 e. The fourth-order valence-corrected chi connectivity index (χ4v) is 2.81. The number of halogens is 1. The molecular weight excluding hydrogens is 391 g/mol. The molecule has 0 N–H and O–H groups in total. The average Bonchev–Trinajstić information content (AvgIpc) is 2.43. The normalized spacial score (nSPS) is 12.0. The predicted octanol–water partition coefficient (Wildman–Crippen LogP) is 3.41. The Morgan fingerprint density at radius 1 is 1.55 bits per heavy atom. The summed E-state index contributed by atoms with van der Waals surface area (Å²) < 4.78 is 0.724. The first kappa shape index (κ1) is 17.2. The van der Waals surface area contributed by atoms with Crippen molar-refractivity contribution in [2.75, 3.05) is 19.1 Å². The van der Waals surface area contributed by atoms with Gasteiger partial charge in [0.2, 0.25) is 0 Å². The Kier molecular flexibility index (Phi) is 6.74. The van der Waals surface area contributed by atoms with Crippen LogP contribution in [0.3, 0.4) is 0 Å². The second kappa shape index (κ2) is 7.82. The number of rotatable bonds is 6. The second-order valence-corrected chi connectivity index (χ2v) is 6.62. The van der Waals surface area contributed by atoms with Crippen LogP contribution in [0.5, 0.6) is 0 Å². The molecule has 1 aromatic carbocycles. The smallest absolute Gasteiger partial charge is 0.270 e. The van der Waals surface area contributed by atoms with E-state index >= 15 is 0 Å². The van der Waals surface area contributed by atoms with Crippen molar-refractivity contribution in [3.05, 3.63) is 37.4 Å². The number of nitro groups is 1. The Morgan fingerprint density at radius 2 is 2.20 bits per heavy atom. The number of nitrogens with zero attached hydrogens (tertiary/aromatic N) is 2. The van der Waals surface area contributed by atoms with E-state index in [1.807, 2.05) is 35.8 Å². The highest BCUT2D eigenvalue weighted by Crippen LogP contribution is 2.22. The molecule has 0 spiro atoms.